The Morgan fingerprint density at radius 2 is 2.42 bits per heavy atom. The number of carbonyl (C=O) groups is 1. The van der Waals surface area contributed by atoms with Gasteiger partial charge in [0.05, 0.1) is 37.5 Å². The van der Waals surface area contributed by atoms with E-state index >= 15 is 0 Å². The summed E-state index contributed by atoms with van der Waals surface area (Å²) >= 11 is 0. The fraction of sp³-hybridized carbons (Fsp3) is 0.412. The third-order valence-corrected chi connectivity index (χ3v) is 4.08. The molecule has 7 nitrogen and oxygen atoms in total. The first-order valence-electron chi connectivity index (χ1n) is 7.93. The predicted octanol–water partition coefficient (Wildman–Crippen LogP) is 1.37. The first-order valence-corrected chi connectivity index (χ1v) is 7.93. The number of nitrogens with zero attached hydrogens (tertiary/aromatic N) is 5. The molecule has 1 amide bonds. The van der Waals surface area contributed by atoms with Crippen molar-refractivity contribution in [2.45, 2.75) is 25.9 Å². The molecule has 0 unspecified atom stereocenters. The van der Waals surface area contributed by atoms with E-state index in [9.17, 15) is 4.79 Å². The third-order valence-electron chi connectivity index (χ3n) is 4.08. The summed E-state index contributed by atoms with van der Waals surface area (Å²) in [5.74, 6) is 0.720. The van der Waals surface area contributed by atoms with Crippen molar-refractivity contribution in [2.24, 2.45) is 0 Å². The molecule has 0 fully saturated rings. The molecule has 0 radical (unpaired) electrons. The van der Waals surface area contributed by atoms with Gasteiger partial charge in [-0.05, 0) is 24.1 Å². The predicted molar refractivity (Wildman–Crippen MR) is 85.4 cm³/mol. The van der Waals surface area contributed by atoms with Crippen LogP contribution in [0.15, 0.2) is 35.3 Å². The van der Waals surface area contributed by atoms with Gasteiger partial charge in [-0.3, -0.25) is 9.69 Å². The van der Waals surface area contributed by atoms with Gasteiger partial charge in [0.25, 0.3) is 0 Å². The van der Waals surface area contributed by atoms with E-state index in [1.54, 1.807) is 23.6 Å². The first-order chi connectivity index (χ1) is 11.8. The summed E-state index contributed by atoms with van der Waals surface area (Å²) in [6, 6.07) is 5.72. The van der Waals surface area contributed by atoms with E-state index in [1.165, 1.54) is 0 Å². The maximum absolute atomic E-state index is 12.7. The van der Waals surface area contributed by atoms with Gasteiger partial charge in [-0.1, -0.05) is 0 Å². The van der Waals surface area contributed by atoms with Gasteiger partial charge in [-0.25, -0.2) is 9.97 Å². The number of aromatic nitrogens is 2. The highest BCUT2D eigenvalue weighted by Crippen LogP contribution is 2.16. The zero-order chi connectivity index (χ0) is 16.8. The summed E-state index contributed by atoms with van der Waals surface area (Å²) in [5.41, 5.74) is 2.14. The van der Waals surface area contributed by atoms with Crippen LogP contribution in [0.25, 0.3) is 0 Å². The minimum absolute atomic E-state index is 0.000781. The molecule has 124 valence electrons. The minimum Gasteiger partial charge on any atom is -0.467 e. The number of rotatable bonds is 6. The number of hydrogen-bond acceptors (Lipinski definition) is 6. The van der Waals surface area contributed by atoms with Crippen LogP contribution in [0.1, 0.15) is 23.4 Å². The van der Waals surface area contributed by atoms with Crippen LogP contribution >= 0.6 is 0 Å². The molecular formula is C17H19N5O2. The molecule has 0 N–H and O–H groups in total. The standard InChI is InChI=1S/C17H19N5O2/c18-5-2-6-22(10-15-3-1-8-24-15)17(23)12-21-7-4-14-9-19-13-20-16(14)11-21/h1,3,8-9,13H,2,4,6-7,10-12H2. The Morgan fingerprint density at radius 3 is 3.21 bits per heavy atom. The van der Waals surface area contributed by atoms with Crippen molar-refractivity contribution in [3.05, 3.63) is 47.9 Å². The Kier molecular flexibility index (Phi) is 5.18. The van der Waals surface area contributed by atoms with Gasteiger partial charge in [0, 0.05) is 25.8 Å². The van der Waals surface area contributed by atoms with E-state index in [0.29, 0.717) is 32.6 Å². The van der Waals surface area contributed by atoms with E-state index in [1.807, 2.05) is 12.3 Å². The average molecular weight is 325 g/mol. The van der Waals surface area contributed by atoms with Gasteiger partial charge in [-0.2, -0.15) is 5.26 Å². The lowest BCUT2D eigenvalue weighted by molar-refractivity contribution is -0.133. The number of furan rings is 1. The Morgan fingerprint density at radius 1 is 1.50 bits per heavy atom. The zero-order valence-corrected chi connectivity index (χ0v) is 13.4. The van der Waals surface area contributed by atoms with Crippen LogP contribution in [-0.4, -0.2) is 45.3 Å². The molecular weight excluding hydrogens is 306 g/mol. The largest absolute Gasteiger partial charge is 0.467 e. The van der Waals surface area contributed by atoms with Crippen molar-refractivity contribution >= 4 is 5.91 Å². The van der Waals surface area contributed by atoms with Gasteiger partial charge in [0.2, 0.25) is 5.91 Å². The van der Waals surface area contributed by atoms with Gasteiger partial charge in [0.1, 0.15) is 12.1 Å². The molecule has 3 rings (SSSR count). The van der Waals surface area contributed by atoms with Crippen LogP contribution in [0.2, 0.25) is 0 Å². The second-order valence-corrected chi connectivity index (χ2v) is 5.76. The minimum atomic E-state index is -0.000781. The molecule has 0 atom stereocenters. The highest BCUT2D eigenvalue weighted by molar-refractivity contribution is 5.78. The quantitative estimate of drug-likeness (QED) is 0.797. The van der Waals surface area contributed by atoms with Crippen molar-refractivity contribution in [1.29, 1.82) is 5.26 Å². The summed E-state index contributed by atoms with van der Waals surface area (Å²) in [4.78, 5) is 24.8. The van der Waals surface area contributed by atoms with E-state index in [2.05, 4.69) is 20.9 Å². The fourth-order valence-corrected chi connectivity index (χ4v) is 2.80. The van der Waals surface area contributed by atoms with Crippen LogP contribution in [0, 0.1) is 11.3 Å². The summed E-state index contributed by atoms with van der Waals surface area (Å²) in [7, 11) is 0. The lowest BCUT2D eigenvalue weighted by Crippen LogP contribution is -2.42. The Bertz CT molecular complexity index is 723. The molecule has 0 aliphatic carbocycles. The van der Waals surface area contributed by atoms with E-state index in [-0.39, 0.29) is 5.91 Å². The molecule has 1 aliphatic rings. The maximum atomic E-state index is 12.7. The molecule has 0 bridgehead atoms. The molecule has 0 spiro atoms. The second kappa shape index (κ2) is 7.70. The number of fused-ring (bicyclic) bond motifs is 1. The number of amides is 1. The van der Waals surface area contributed by atoms with Crippen LogP contribution < -0.4 is 0 Å². The summed E-state index contributed by atoms with van der Waals surface area (Å²) < 4.78 is 5.32. The highest BCUT2D eigenvalue weighted by Gasteiger charge is 2.22. The first kappa shape index (κ1) is 16.1. The average Bonchev–Trinajstić information content (AvgIpc) is 3.11. The molecule has 2 aromatic rings. The number of carbonyl (C=O) groups excluding carboxylic acids is 1. The smallest absolute Gasteiger partial charge is 0.237 e. The molecule has 0 saturated heterocycles. The summed E-state index contributed by atoms with van der Waals surface area (Å²) in [6.07, 6.45) is 6.13. The van der Waals surface area contributed by atoms with Crippen molar-refractivity contribution in [2.75, 3.05) is 19.6 Å². The highest BCUT2D eigenvalue weighted by atomic mass is 16.3. The monoisotopic (exact) mass is 325 g/mol. The van der Waals surface area contributed by atoms with Gasteiger partial charge < -0.3 is 9.32 Å². The maximum Gasteiger partial charge on any atom is 0.237 e. The summed E-state index contributed by atoms with van der Waals surface area (Å²) in [6.45, 7) is 2.56. The lowest BCUT2D eigenvalue weighted by Gasteiger charge is -2.29. The van der Waals surface area contributed by atoms with Crippen LogP contribution in [0.3, 0.4) is 0 Å². The van der Waals surface area contributed by atoms with Gasteiger partial charge in [0.15, 0.2) is 0 Å². The Hall–Kier alpha value is -2.72. The fourth-order valence-electron chi connectivity index (χ4n) is 2.80. The van der Waals surface area contributed by atoms with E-state index < -0.39 is 0 Å². The lowest BCUT2D eigenvalue weighted by atomic mass is 10.1. The summed E-state index contributed by atoms with van der Waals surface area (Å²) in [5, 5.41) is 8.82. The zero-order valence-electron chi connectivity index (χ0n) is 13.4. The van der Waals surface area contributed by atoms with Crippen LogP contribution in [0.5, 0.6) is 0 Å². The van der Waals surface area contributed by atoms with Gasteiger partial charge in [-0.15, -0.1) is 0 Å². The molecule has 0 aromatic carbocycles. The van der Waals surface area contributed by atoms with Crippen molar-refractivity contribution < 1.29 is 9.21 Å². The molecule has 1 aliphatic heterocycles. The van der Waals surface area contributed by atoms with Crippen LogP contribution in [0.4, 0.5) is 0 Å². The SMILES string of the molecule is N#CCCN(Cc1ccco1)C(=O)CN1CCc2cncnc2C1. The normalized spacial score (nSPS) is 14.0. The topological polar surface area (TPSA) is 86.3 Å². The van der Waals surface area contributed by atoms with Gasteiger partial charge >= 0.3 is 0 Å². The van der Waals surface area contributed by atoms with Crippen LogP contribution in [-0.2, 0) is 24.3 Å². The molecule has 0 saturated carbocycles. The Labute approximate surface area is 140 Å². The van der Waals surface area contributed by atoms with Crippen molar-refractivity contribution in [3.8, 4) is 6.07 Å². The van der Waals surface area contributed by atoms with E-state index in [4.69, 9.17) is 9.68 Å². The Balaban J connectivity index is 1.62. The van der Waals surface area contributed by atoms with Crippen molar-refractivity contribution in [1.82, 2.24) is 19.8 Å². The third kappa shape index (κ3) is 3.97. The van der Waals surface area contributed by atoms with E-state index in [0.717, 1.165) is 30.0 Å². The number of hydrogen-bond donors (Lipinski definition) is 0. The van der Waals surface area contributed by atoms with Crippen molar-refractivity contribution in [3.63, 3.8) is 0 Å². The molecule has 7 heteroatoms. The molecule has 24 heavy (non-hydrogen) atoms. The second-order valence-electron chi connectivity index (χ2n) is 5.76. The molecule has 3 heterocycles. The number of nitriles is 1. The molecule has 2 aromatic heterocycles.